The molecule has 3 nitrogen and oxygen atoms in total. The van der Waals surface area contributed by atoms with Crippen LogP contribution in [0.4, 0.5) is 5.69 Å². The summed E-state index contributed by atoms with van der Waals surface area (Å²) in [4.78, 5) is 13.9. The van der Waals surface area contributed by atoms with Crippen molar-refractivity contribution in [2.45, 2.75) is 51.4 Å². The highest BCUT2D eigenvalue weighted by Gasteiger charge is 2.34. The third-order valence-electron chi connectivity index (χ3n) is 6.28. The summed E-state index contributed by atoms with van der Waals surface area (Å²) >= 11 is 0. The van der Waals surface area contributed by atoms with Gasteiger partial charge < -0.3 is 10.2 Å². The molecule has 0 radical (unpaired) electrons. The van der Waals surface area contributed by atoms with E-state index in [9.17, 15) is 4.79 Å². The van der Waals surface area contributed by atoms with Crippen molar-refractivity contribution < 1.29 is 9.69 Å². The number of carbonyl (C=O) groups excluding carboxylic acids is 1. The van der Waals surface area contributed by atoms with Crippen molar-refractivity contribution >= 4 is 11.6 Å². The van der Waals surface area contributed by atoms with Crippen LogP contribution in [-0.2, 0) is 17.6 Å². The number of piperidine rings is 1. The summed E-state index contributed by atoms with van der Waals surface area (Å²) in [6.45, 7) is 3.03. The average molecular weight is 313 g/mol. The maximum Gasteiger partial charge on any atom is 0.279 e. The third kappa shape index (κ3) is 3.45. The molecule has 4 rings (SSSR count). The Balaban J connectivity index is 1.31. The van der Waals surface area contributed by atoms with Gasteiger partial charge in [-0.25, -0.2) is 0 Å². The first kappa shape index (κ1) is 15.2. The molecular weight excluding hydrogens is 284 g/mol. The monoisotopic (exact) mass is 313 g/mol. The van der Waals surface area contributed by atoms with E-state index in [1.807, 2.05) is 0 Å². The Hall–Kier alpha value is -1.35. The molecule has 23 heavy (non-hydrogen) atoms. The number of likely N-dealkylation sites (tertiary alicyclic amines) is 1. The quantitative estimate of drug-likeness (QED) is 0.881. The summed E-state index contributed by atoms with van der Waals surface area (Å²) in [6, 6.07) is 6.45. The molecule has 2 N–H and O–H groups in total. The molecule has 1 aromatic rings. The van der Waals surface area contributed by atoms with E-state index in [4.69, 9.17) is 0 Å². The normalized spacial score (nSPS) is 29.7. The molecule has 3 atom stereocenters. The van der Waals surface area contributed by atoms with E-state index in [1.54, 1.807) is 0 Å². The van der Waals surface area contributed by atoms with Crippen LogP contribution >= 0.6 is 0 Å². The van der Waals surface area contributed by atoms with Gasteiger partial charge in [0.15, 0.2) is 6.54 Å². The van der Waals surface area contributed by atoms with Gasteiger partial charge >= 0.3 is 0 Å². The van der Waals surface area contributed by atoms with Crippen LogP contribution < -0.4 is 10.2 Å². The van der Waals surface area contributed by atoms with Crippen molar-refractivity contribution in [1.29, 1.82) is 0 Å². The zero-order valence-electron chi connectivity index (χ0n) is 14.1. The first-order valence-corrected chi connectivity index (χ1v) is 9.53. The van der Waals surface area contributed by atoms with Crippen molar-refractivity contribution in [3.63, 3.8) is 0 Å². The smallest absolute Gasteiger partial charge is 0.279 e. The SMILES string of the molecule is O=C(C[NH+]1CC[C@H]2CCCC[C@@H]2C1)Nc1ccc2c(c1)CCC2. The molecule has 1 aliphatic heterocycles. The van der Waals surface area contributed by atoms with E-state index >= 15 is 0 Å². The lowest BCUT2D eigenvalue weighted by atomic mass is 9.75. The van der Waals surface area contributed by atoms with Gasteiger partial charge in [-0.05, 0) is 67.7 Å². The molecule has 1 unspecified atom stereocenters. The number of nitrogens with one attached hydrogen (secondary N) is 2. The first-order chi connectivity index (χ1) is 11.3. The molecular formula is C20H29N2O+. The van der Waals surface area contributed by atoms with E-state index in [0.29, 0.717) is 6.54 Å². The molecule has 1 saturated heterocycles. The van der Waals surface area contributed by atoms with Crippen LogP contribution in [-0.4, -0.2) is 25.5 Å². The zero-order valence-corrected chi connectivity index (χ0v) is 14.1. The van der Waals surface area contributed by atoms with Crippen LogP contribution in [0.25, 0.3) is 0 Å². The molecule has 1 aromatic carbocycles. The molecule has 0 bridgehead atoms. The summed E-state index contributed by atoms with van der Waals surface area (Å²) in [5, 5.41) is 3.13. The van der Waals surface area contributed by atoms with Gasteiger partial charge in [0.2, 0.25) is 0 Å². The van der Waals surface area contributed by atoms with Crippen molar-refractivity contribution in [3.8, 4) is 0 Å². The fraction of sp³-hybridized carbons (Fsp3) is 0.650. The van der Waals surface area contributed by atoms with Crippen LogP contribution in [0, 0.1) is 11.8 Å². The molecule has 2 fully saturated rings. The van der Waals surface area contributed by atoms with Crippen LogP contribution in [0.5, 0.6) is 0 Å². The Labute approximate surface area is 139 Å². The standard InChI is InChI=1S/C20H28N2O/c23-20(21-19-9-8-15-6-3-7-17(15)12-19)14-22-11-10-16-4-1-2-5-18(16)13-22/h8-9,12,16,18H,1-7,10-11,13-14H2,(H,21,23)/p+1/t16-,18-/m1/s1. The van der Waals surface area contributed by atoms with Gasteiger partial charge in [-0.3, -0.25) is 4.79 Å². The number of carbonyl (C=O) groups is 1. The lowest BCUT2D eigenvalue weighted by Crippen LogP contribution is -3.15. The van der Waals surface area contributed by atoms with Gasteiger partial charge in [-0.2, -0.15) is 0 Å². The maximum atomic E-state index is 12.4. The summed E-state index contributed by atoms with van der Waals surface area (Å²) in [6.07, 6.45) is 10.6. The Morgan fingerprint density at radius 2 is 1.87 bits per heavy atom. The van der Waals surface area contributed by atoms with Crippen molar-refractivity contribution in [2.24, 2.45) is 11.8 Å². The first-order valence-electron chi connectivity index (χ1n) is 9.53. The minimum Gasteiger partial charge on any atom is -0.327 e. The summed E-state index contributed by atoms with van der Waals surface area (Å²) < 4.78 is 0. The third-order valence-corrected chi connectivity index (χ3v) is 6.28. The van der Waals surface area contributed by atoms with E-state index in [1.165, 1.54) is 80.5 Å². The second-order valence-corrected chi connectivity index (χ2v) is 7.86. The van der Waals surface area contributed by atoms with Gasteiger partial charge in [0, 0.05) is 11.6 Å². The molecule has 0 spiro atoms. The van der Waals surface area contributed by atoms with E-state index < -0.39 is 0 Å². The van der Waals surface area contributed by atoms with E-state index in [0.717, 1.165) is 17.5 Å². The van der Waals surface area contributed by atoms with E-state index in [-0.39, 0.29) is 5.91 Å². The van der Waals surface area contributed by atoms with Gasteiger partial charge in [-0.1, -0.05) is 18.9 Å². The molecule has 0 aromatic heterocycles. The van der Waals surface area contributed by atoms with Crippen LogP contribution in [0.1, 0.15) is 49.7 Å². The Kier molecular flexibility index (Phi) is 4.39. The minimum atomic E-state index is 0.187. The molecule has 3 aliphatic rings. The van der Waals surface area contributed by atoms with Gasteiger partial charge in [0.05, 0.1) is 13.1 Å². The van der Waals surface area contributed by atoms with Crippen molar-refractivity contribution in [3.05, 3.63) is 29.3 Å². The lowest BCUT2D eigenvalue weighted by molar-refractivity contribution is -0.902. The second kappa shape index (κ2) is 6.64. The molecule has 1 saturated carbocycles. The zero-order chi connectivity index (χ0) is 15.6. The van der Waals surface area contributed by atoms with Crippen LogP contribution in [0.3, 0.4) is 0 Å². The summed E-state index contributed by atoms with van der Waals surface area (Å²) in [7, 11) is 0. The Morgan fingerprint density at radius 3 is 2.78 bits per heavy atom. The largest absolute Gasteiger partial charge is 0.327 e. The van der Waals surface area contributed by atoms with Crippen molar-refractivity contribution in [2.75, 3.05) is 25.0 Å². The summed E-state index contributed by atoms with van der Waals surface area (Å²) in [5.74, 6) is 2.01. The fourth-order valence-corrected chi connectivity index (χ4v) is 5.04. The molecule has 1 heterocycles. The number of anilines is 1. The number of quaternary nitrogens is 1. The van der Waals surface area contributed by atoms with Gasteiger partial charge in [0.1, 0.15) is 0 Å². The van der Waals surface area contributed by atoms with Gasteiger partial charge in [0.25, 0.3) is 5.91 Å². The number of aryl methyl sites for hydroxylation is 2. The number of benzene rings is 1. The number of hydrogen-bond acceptors (Lipinski definition) is 1. The van der Waals surface area contributed by atoms with E-state index in [2.05, 4.69) is 23.5 Å². The fourth-order valence-electron chi connectivity index (χ4n) is 5.04. The average Bonchev–Trinajstić information content (AvgIpc) is 3.02. The highest BCUT2D eigenvalue weighted by Crippen LogP contribution is 2.32. The number of amides is 1. The van der Waals surface area contributed by atoms with Gasteiger partial charge in [-0.15, -0.1) is 0 Å². The Morgan fingerprint density at radius 1 is 1.04 bits per heavy atom. The maximum absolute atomic E-state index is 12.4. The predicted octanol–water partition coefficient (Wildman–Crippen LogP) is 2.21. The minimum absolute atomic E-state index is 0.187. The van der Waals surface area contributed by atoms with Crippen molar-refractivity contribution in [1.82, 2.24) is 0 Å². The van der Waals surface area contributed by atoms with Crippen LogP contribution in [0.2, 0.25) is 0 Å². The molecule has 1 amide bonds. The number of fused-ring (bicyclic) bond motifs is 2. The number of rotatable bonds is 3. The molecule has 124 valence electrons. The van der Waals surface area contributed by atoms with Crippen LogP contribution in [0.15, 0.2) is 18.2 Å². The highest BCUT2D eigenvalue weighted by atomic mass is 16.2. The second-order valence-electron chi connectivity index (χ2n) is 7.86. The number of hydrogen-bond donors (Lipinski definition) is 2. The topological polar surface area (TPSA) is 33.5 Å². The highest BCUT2D eigenvalue weighted by molar-refractivity contribution is 5.91. The Bertz CT molecular complexity index is 583. The predicted molar refractivity (Wildman–Crippen MR) is 92.7 cm³/mol. The molecule has 2 aliphatic carbocycles. The lowest BCUT2D eigenvalue weighted by Gasteiger charge is -2.38. The summed E-state index contributed by atoms with van der Waals surface area (Å²) in [5.41, 5.74) is 3.88. The molecule has 3 heteroatoms.